The second-order valence-corrected chi connectivity index (χ2v) is 5.55. The van der Waals surface area contributed by atoms with Crippen LogP contribution in [0.3, 0.4) is 0 Å². The molecule has 4 nitrogen and oxygen atoms in total. The van der Waals surface area contributed by atoms with Gasteiger partial charge in [0.1, 0.15) is 11.6 Å². The Bertz CT molecular complexity index is 473. The number of nitrogens with one attached hydrogen (secondary N) is 1. The fraction of sp³-hybridized carbons (Fsp3) is 0.692. The molecule has 0 spiro atoms. The monoisotopic (exact) mass is 286 g/mol. The molecule has 1 atom stereocenters. The van der Waals surface area contributed by atoms with Crippen LogP contribution in [0.5, 0.6) is 0 Å². The second-order valence-electron chi connectivity index (χ2n) is 5.55. The van der Waals surface area contributed by atoms with Gasteiger partial charge in [-0.25, -0.2) is 9.97 Å². The summed E-state index contributed by atoms with van der Waals surface area (Å²) in [4.78, 5) is 10.1. The smallest absolute Gasteiger partial charge is 0.366 e. The molecular weight excluding hydrogens is 269 g/mol. The van der Waals surface area contributed by atoms with Crippen molar-refractivity contribution in [1.29, 1.82) is 0 Å². The highest BCUT2D eigenvalue weighted by Crippen LogP contribution is 2.38. The lowest BCUT2D eigenvalue weighted by atomic mass is 10.2. The molecule has 1 saturated carbocycles. The van der Waals surface area contributed by atoms with E-state index in [-0.39, 0.29) is 6.04 Å². The fourth-order valence-corrected chi connectivity index (χ4v) is 2.55. The molecule has 2 heterocycles. The van der Waals surface area contributed by atoms with E-state index in [2.05, 4.69) is 15.3 Å². The van der Waals surface area contributed by atoms with Crippen LogP contribution in [0.4, 0.5) is 19.0 Å². The molecule has 1 aliphatic carbocycles. The van der Waals surface area contributed by atoms with Crippen molar-refractivity contribution in [1.82, 2.24) is 14.9 Å². The van der Waals surface area contributed by atoms with Gasteiger partial charge in [-0.15, -0.1) is 0 Å². The number of aromatic nitrogens is 2. The predicted octanol–water partition coefficient (Wildman–Crippen LogP) is 2.40. The van der Waals surface area contributed by atoms with Crippen molar-refractivity contribution in [2.45, 2.75) is 37.4 Å². The molecule has 0 radical (unpaired) electrons. The Hall–Kier alpha value is -1.37. The zero-order valence-electron chi connectivity index (χ0n) is 11.0. The minimum absolute atomic E-state index is 0.0271. The van der Waals surface area contributed by atoms with E-state index in [1.807, 2.05) is 0 Å². The number of hydrogen-bond donors (Lipinski definition) is 1. The maximum atomic E-state index is 12.3. The number of hydrogen-bond acceptors (Lipinski definition) is 4. The van der Waals surface area contributed by atoms with Gasteiger partial charge in [-0.2, -0.15) is 13.2 Å². The van der Waals surface area contributed by atoms with E-state index in [4.69, 9.17) is 0 Å². The molecule has 20 heavy (non-hydrogen) atoms. The Balaban J connectivity index is 1.55. The van der Waals surface area contributed by atoms with Gasteiger partial charge in [0.05, 0.1) is 6.54 Å². The predicted molar refractivity (Wildman–Crippen MR) is 68.5 cm³/mol. The quantitative estimate of drug-likeness (QED) is 0.923. The Morgan fingerprint density at radius 2 is 2.10 bits per heavy atom. The van der Waals surface area contributed by atoms with E-state index < -0.39 is 12.7 Å². The lowest BCUT2D eigenvalue weighted by molar-refractivity contribution is -0.143. The largest absolute Gasteiger partial charge is 0.401 e. The highest BCUT2D eigenvalue weighted by atomic mass is 19.4. The van der Waals surface area contributed by atoms with Crippen LogP contribution in [-0.2, 0) is 0 Å². The molecule has 3 rings (SSSR count). The Morgan fingerprint density at radius 1 is 1.30 bits per heavy atom. The number of halogens is 3. The van der Waals surface area contributed by atoms with Gasteiger partial charge >= 0.3 is 6.18 Å². The minimum Gasteiger partial charge on any atom is -0.366 e. The van der Waals surface area contributed by atoms with E-state index in [0.717, 1.165) is 24.5 Å². The molecule has 110 valence electrons. The summed E-state index contributed by atoms with van der Waals surface area (Å²) >= 11 is 0. The van der Waals surface area contributed by atoms with Crippen LogP contribution in [0, 0.1) is 0 Å². The van der Waals surface area contributed by atoms with Crippen LogP contribution >= 0.6 is 0 Å². The summed E-state index contributed by atoms with van der Waals surface area (Å²) in [5.74, 6) is 2.04. The van der Waals surface area contributed by atoms with Gasteiger partial charge in [0.15, 0.2) is 0 Å². The molecule has 0 amide bonds. The van der Waals surface area contributed by atoms with Gasteiger partial charge in [-0.3, -0.25) is 4.90 Å². The van der Waals surface area contributed by atoms with E-state index in [1.165, 1.54) is 4.90 Å². The lowest BCUT2D eigenvalue weighted by Gasteiger charge is -2.18. The molecule has 1 unspecified atom stereocenters. The summed E-state index contributed by atoms with van der Waals surface area (Å²) in [6, 6.07) is 1.80. The number of anilines is 1. The summed E-state index contributed by atoms with van der Waals surface area (Å²) < 4.78 is 37.0. The van der Waals surface area contributed by atoms with Crippen molar-refractivity contribution in [3.05, 3.63) is 18.1 Å². The molecule has 2 fully saturated rings. The molecular formula is C13H17F3N4. The third-order valence-electron chi connectivity index (χ3n) is 3.64. The molecule has 1 aromatic heterocycles. The average molecular weight is 286 g/mol. The molecule has 1 aromatic rings. The number of likely N-dealkylation sites (tertiary alicyclic amines) is 1. The molecule has 0 bridgehead atoms. The molecule has 1 aliphatic heterocycles. The first-order valence-electron chi connectivity index (χ1n) is 6.88. The average Bonchev–Trinajstić information content (AvgIpc) is 3.12. The SMILES string of the molecule is FC(F)(F)CN1CCC(Nc2ccnc(C3CC3)n2)C1. The number of nitrogens with zero attached hydrogens (tertiary/aromatic N) is 3. The number of rotatable bonds is 4. The van der Waals surface area contributed by atoms with Crippen LogP contribution in [0.25, 0.3) is 0 Å². The standard InChI is InChI=1S/C13H17F3N4/c14-13(15,16)8-20-6-4-10(7-20)18-11-3-5-17-12(19-11)9-1-2-9/h3,5,9-10H,1-2,4,6-8H2,(H,17,18,19). The number of alkyl halides is 3. The van der Waals surface area contributed by atoms with Gasteiger partial charge in [-0.1, -0.05) is 0 Å². The van der Waals surface area contributed by atoms with E-state index in [1.54, 1.807) is 12.3 Å². The maximum Gasteiger partial charge on any atom is 0.401 e. The van der Waals surface area contributed by atoms with E-state index in [0.29, 0.717) is 25.4 Å². The lowest BCUT2D eigenvalue weighted by Crippen LogP contribution is -2.34. The van der Waals surface area contributed by atoms with Gasteiger partial charge in [-0.05, 0) is 25.3 Å². The van der Waals surface area contributed by atoms with Crippen molar-refractivity contribution < 1.29 is 13.2 Å². The Kier molecular flexibility index (Phi) is 3.54. The highest BCUT2D eigenvalue weighted by Gasteiger charge is 2.34. The van der Waals surface area contributed by atoms with Gasteiger partial charge < -0.3 is 5.32 Å². The van der Waals surface area contributed by atoms with Gasteiger partial charge in [0.25, 0.3) is 0 Å². The van der Waals surface area contributed by atoms with Crippen molar-refractivity contribution in [2.24, 2.45) is 0 Å². The zero-order chi connectivity index (χ0) is 14.2. The first-order valence-corrected chi connectivity index (χ1v) is 6.88. The second kappa shape index (κ2) is 5.20. The third kappa shape index (κ3) is 3.59. The third-order valence-corrected chi connectivity index (χ3v) is 3.64. The summed E-state index contributed by atoms with van der Waals surface area (Å²) in [5, 5.41) is 3.22. The first-order chi connectivity index (χ1) is 9.49. The van der Waals surface area contributed by atoms with E-state index >= 15 is 0 Å². The highest BCUT2D eigenvalue weighted by molar-refractivity contribution is 5.35. The Labute approximate surface area is 115 Å². The van der Waals surface area contributed by atoms with Crippen molar-refractivity contribution >= 4 is 5.82 Å². The van der Waals surface area contributed by atoms with Gasteiger partial charge in [0.2, 0.25) is 0 Å². The van der Waals surface area contributed by atoms with Crippen LogP contribution < -0.4 is 5.32 Å². The van der Waals surface area contributed by atoms with Crippen LogP contribution in [0.1, 0.15) is 31.0 Å². The van der Waals surface area contributed by atoms with Crippen molar-refractivity contribution in [3.63, 3.8) is 0 Å². The van der Waals surface area contributed by atoms with Crippen molar-refractivity contribution in [3.8, 4) is 0 Å². The molecule has 0 aromatic carbocycles. The summed E-state index contributed by atoms with van der Waals surface area (Å²) in [6.45, 7) is 0.0439. The molecule has 2 aliphatic rings. The Morgan fingerprint density at radius 3 is 2.80 bits per heavy atom. The summed E-state index contributed by atoms with van der Waals surface area (Å²) in [6.07, 6.45) is 0.561. The van der Waals surface area contributed by atoms with Crippen LogP contribution in [0.15, 0.2) is 12.3 Å². The fourth-order valence-electron chi connectivity index (χ4n) is 2.55. The summed E-state index contributed by atoms with van der Waals surface area (Å²) in [5.41, 5.74) is 0. The van der Waals surface area contributed by atoms with Crippen LogP contribution in [-0.4, -0.2) is 46.7 Å². The van der Waals surface area contributed by atoms with E-state index in [9.17, 15) is 13.2 Å². The summed E-state index contributed by atoms with van der Waals surface area (Å²) in [7, 11) is 0. The first kappa shape index (κ1) is 13.6. The molecule has 1 saturated heterocycles. The minimum atomic E-state index is -4.12. The maximum absolute atomic E-state index is 12.3. The van der Waals surface area contributed by atoms with Crippen LogP contribution in [0.2, 0.25) is 0 Å². The molecule has 1 N–H and O–H groups in total. The normalized spacial score (nSPS) is 24.1. The molecule has 7 heteroatoms. The topological polar surface area (TPSA) is 41.0 Å². The zero-order valence-corrected chi connectivity index (χ0v) is 11.0. The van der Waals surface area contributed by atoms with Crippen molar-refractivity contribution in [2.75, 3.05) is 25.0 Å². The van der Waals surface area contributed by atoms with Gasteiger partial charge in [0, 0.05) is 31.2 Å².